The summed E-state index contributed by atoms with van der Waals surface area (Å²) >= 11 is 0. The Bertz CT molecular complexity index is 990. The van der Waals surface area contributed by atoms with Crippen molar-refractivity contribution in [2.75, 3.05) is 17.2 Å². The zero-order chi connectivity index (χ0) is 23.4. The van der Waals surface area contributed by atoms with E-state index in [1.165, 1.54) is 31.2 Å². The lowest BCUT2D eigenvalue weighted by molar-refractivity contribution is -0.388. The molecule has 1 atom stereocenters. The molecule has 0 saturated carbocycles. The van der Waals surface area contributed by atoms with Crippen LogP contribution in [0.25, 0.3) is 0 Å². The van der Waals surface area contributed by atoms with Crippen molar-refractivity contribution in [3.8, 4) is 5.75 Å². The maximum atomic E-state index is 12.9. The van der Waals surface area contributed by atoms with Gasteiger partial charge in [-0.3, -0.25) is 19.7 Å². The first kappa shape index (κ1) is 23.6. The number of rotatable bonds is 7. The van der Waals surface area contributed by atoms with Crippen LogP contribution in [0.1, 0.15) is 19.4 Å². The van der Waals surface area contributed by atoms with E-state index in [9.17, 15) is 38.0 Å². The molecule has 0 fully saturated rings. The van der Waals surface area contributed by atoms with Gasteiger partial charge in [-0.15, -0.1) is 0 Å². The Labute approximate surface area is 174 Å². The Morgan fingerprint density at radius 3 is 2.19 bits per heavy atom. The van der Waals surface area contributed by atoms with Crippen molar-refractivity contribution in [3.63, 3.8) is 0 Å². The number of nitro groups is 1. The van der Waals surface area contributed by atoms with Crippen molar-refractivity contribution < 1.29 is 37.5 Å². The minimum Gasteiger partial charge on any atom is -0.490 e. The summed E-state index contributed by atoms with van der Waals surface area (Å²) in [4.78, 5) is 33.0. The Kier molecular flexibility index (Phi) is 6.85. The van der Waals surface area contributed by atoms with E-state index < -0.39 is 40.5 Å². The number of hydrogen-bond donors (Lipinski definition) is 3. The number of anilines is 2. The minimum atomic E-state index is -4.94. The fourth-order valence-corrected chi connectivity index (χ4v) is 2.39. The molecule has 0 unspecified atom stereocenters. The van der Waals surface area contributed by atoms with E-state index >= 15 is 0 Å². The Hall–Kier alpha value is -3.67. The van der Waals surface area contributed by atoms with Crippen LogP contribution < -0.4 is 15.4 Å². The molecular weight excluding hydrogens is 423 g/mol. The highest BCUT2D eigenvalue weighted by molar-refractivity contribution is 5.97. The summed E-state index contributed by atoms with van der Waals surface area (Å²) < 4.78 is 44.0. The molecule has 0 saturated heterocycles. The van der Waals surface area contributed by atoms with Crippen molar-refractivity contribution >= 4 is 28.9 Å². The molecule has 0 aliphatic rings. The summed E-state index contributed by atoms with van der Waals surface area (Å²) in [6.07, 6.45) is -4.94. The van der Waals surface area contributed by atoms with E-state index in [2.05, 4.69) is 10.6 Å². The van der Waals surface area contributed by atoms with Gasteiger partial charge in [0.25, 0.3) is 11.6 Å². The van der Waals surface area contributed by atoms with Crippen LogP contribution in [0, 0.1) is 10.1 Å². The molecule has 0 aliphatic carbocycles. The zero-order valence-electron chi connectivity index (χ0n) is 16.3. The van der Waals surface area contributed by atoms with Gasteiger partial charge >= 0.3 is 6.18 Å². The molecule has 9 nitrogen and oxygen atoms in total. The van der Waals surface area contributed by atoms with E-state index in [1.807, 2.05) is 0 Å². The van der Waals surface area contributed by atoms with E-state index in [-0.39, 0.29) is 17.3 Å². The van der Waals surface area contributed by atoms with Crippen molar-refractivity contribution in [3.05, 3.63) is 58.1 Å². The van der Waals surface area contributed by atoms with Crippen LogP contribution >= 0.6 is 0 Å². The van der Waals surface area contributed by atoms with Crippen molar-refractivity contribution in [1.82, 2.24) is 0 Å². The lowest BCUT2D eigenvalue weighted by Crippen LogP contribution is -2.45. The molecule has 2 rings (SSSR count). The number of nitrogens with zero attached hydrogens (tertiary/aromatic N) is 1. The largest absolute Gasteiger partial charge is 0.490 e. The Morgan fingerprint density at radius 2 is 1.68 bits per heavy atom. The normalized spacial score (nSPS) is 13.1. The van der Waals surface area contributed by atoms with Gasteiger partial charge in [-0.1, -0.05) is 0 Å². The first-order chi connectivity index (χ1) is 14.3. The lowest BCUT2D eigenvalue weighted by atomic mass is 10.1. The van der Waals surface area contributed by atoms with Gasteiger partial charge in [0.2, 0.25) is 5.91 Å². The van der Waals surface area contributed by atoms with Gasteiger partial charge in [-0.2, -0.15) is 13.2 Å². The molecule has 166 valence electrons. The quantitative estimate of drug-likeness (QED) is 0.446. The molecule has 0 heterocycles. The lowest BCUT2D eigenvalue weighted by Gasteiger charge is -2.22. The monoisotopic (exact) mass is 441 g/mol. The molecule has 0 radical (unpaired) electrons. The van der Waals surface area contributed by atoms with Crippen LogP contribution in [0.15, 0.2) is 42.5 Å². The third kappa shape index (κ3) is 6.40. The minimum absolute atomic E-state index is 0.267. The predicted molar refractivity (Wildman–Crippen MR) is 104 cm³/mol. The highest BCUT2D eigenvalue weighted by Gasteiger charge is 2.39. The molecule has 12 heteroatoms. The SMILES string of the molecule is CC(=O)Nc1ccc(OC[C@](C)(O)C(=O)Nc2ccc(C(F)(F)F)c([N+](=O)[O-])c2)cc1. The summed E-state index contributed by atoms with van der Waals surface area (Å²) in [7, 11) is 0. The van der Waals surface area contributed by atoms with Gasteiger partial charge in [0.1, 0.15) is 17.9 Å². The maximum absolute atomic E-state index is 12.9. The first-order valence-corrected chi connectivity index (χ1v) is 8.69. The smallest absolute Gasteiger partial charge is 0.423 e. The van der Waals surface area contributed by atoms with Crippen molar-refractivity contribution in [1.29, 1.82) is 0 Å². The topological polar surface area (TPSA) is 131 Å². The van der Waals surface area contributed by atoms with Crippen LogP contribution in [0.3, 0.4) is 0 Å². The summed E-state index contributed by atoms with van der Waals surface area (Å²) in [6.45, 7) is 1.92. The number of nitro benzene ring substituents is 1. The van der Waals surface area contributed by atoms with Crippen LogP contribution in [0.2, 0.25) is 0 Å². The van der Waals surface area contributed by atoms with E-state index in [4.69, 9.17) is 4.74 Å². The maximum Gasteiger partial charge on any atom is 0.423 e. The number of halogens is 3. The molecular formula is C19H18F3N3O6. The Morgan fingerprint density at radius 1 is 1.10 bits per heavy atom. The number of carbonyl (C=O) groups excluding carboxylic acids is 2. The summed E-state index contributed by atoms with van der Waals surface area (Å²) in [5, 5.41) is 26.0. The van der Waals surface area contributed by atoms with Crippen LogP contribution in [-0.2, 0) is 15.8 Å². The average molecular weight is 441 g/mol. The third-order valence-electron chi connectivity index (χ3n) is 3.94. The molecule has 0 aromatic heterocycles. The second-order valence-corrected chi connectivity index (χ2v) is 6.71. The predicted octanol–water partition coefficient (Wildman–Crippen LogP) is 3.34. The number of benzene rings is 2. The fourth-order valence-electron chi connectivity index (χ4n) is 2.39. The van der Waals surface area contributed by atoms with Gasteiger partial charge in [0.05, 0.1) is 4.92 Å². The molecule has 31 heavy (non-hydrogen) atoms. The third-order valence-corrected chi connectivity index (χ3v) is 3.94. The average Bonchev–Trinajstić information content (AvgIpc) is 2.66. The van der Waals surface area contributed by atoms with Gasteiger partial charge < -0.3 is 20.5 Å². The molecule has 0 spiro atoms. The van der Waals surface area contributed by atoms with E-state index in [1.54, 1.807) is 0 Å². The summed E-state index contributed by atoms with van der Waals surface area (Å²) in [5.74, 6) is -1.04. The number of carbonyl (C=O) groups is 2. The van der Waals surface area contributed by atoms with Crippen molar-refractivity contribution in [2.45, 2.75) is 25.6 Å². The number of aliphatic hydroxyl groups is 1. The van der Waals surface area contributed by atoms with Crippen LogP contribution in [0.4, 0.5) is 30.2 Å². The number of ether oxygens (including phenoxy) is 1. The zero-order valence-corrected chi connectivity index (χ0v) is 16.3. The molecule has 2 aromatic rings. The van der Waals surface area contributed by atoms with Crippen LogP contribution in [0.5, 0.6) is 5.75 Å². The van der Waals surface area contributed by atoms with Crippen LogP contribution in [-0.4, -0.2) is 34.1 Å². The second-order valence-electron chi connectivity index (χ2n) is 6.71. The van der Waals surface area contributed by atoms with E-state index in [0.717, 1.165) is 13.0 Å². The van der Waals surface area contributed by atoms with Gasteiger partial charge in [-0.05, 0) is 43.3 Å². The molecule has 2 aromatic carbocycles. The first-order valence-electron chi connectivity index (χ1n) is 8.69. The van der Waals surface area contributed by atoms with Gasteiger partial charge in [0.15, 0.2) is 5.60 Å². The number of amides is 2. The van der Waals surface area contributed by atoms with Gasteiger partial charge in [0, 0.05) is 24.4 Å². The number of nitrogens with one attached hydrogen (secondary N) is 2. The summed E-state index contributed by atoms with van der Waals surface area (Å²) in [6, 6.07) is 7.90. The van der Waals surface area contributed by atoms with E-state index in [0.29, 0.717) is 17.8 Å². The molecule has 3 N–H and O–H groups in total. The second kappa shape index (κ2) is 9.00. The number of alkyl halides is 3. The highest BCUT2D eigenvalue weighted by Crippen LogP contribution is 2.37. The number of hydrogen-bond acceptors (Lipinski definition) is 6. The molecule has 0 aliphatic heterocycles. The molecule has 2 amide bonds. The summed E-state index contributed by atoms with van der Waals surface area (Å²) in [5.41, 5.74) is -4.61. The Balaban J connectivity index is 2.07. The van der Waals surface area contributed by atoms with Gasteiger partial charge in [-0.25, -0.2) is 0 Å². The standard InChI is InChI=1S/C19H18F3N3O6/c1-11(26)23-12-3-6-14(7-4-12)31-10-18(2,28)17(27)24-13-5-8-15(19(20,21)22)16(9-13)25(29)30/h3-9,28H,10H2,1-2H3,(H,23,26)(H,24,27)/t18-/m0/s1. The fraction of sp³-hybridized carbons (Fsp3) is 0.263. The van der Waals surface area contributed by atoms with Crippen molar-refractivity contribution in [2.24, 2.45) is 0 Å². The molecule has 0 bridgehead atoms. The highest BCUT2D eigenvalue weighted by atomic mass is 19.4.